The third-order valence-corrected chi connectivity index (χ3v) is 3.92. The largest absolute Gasteiger partial charge is 0.478 e. The fraction of sp³-hybridized carbons (Fsp3) is 0.143. The van der Waals surface area contributed by atoms with Gasteiger partial charge in [0, 0.05) is 21.3 Å². The highest BCUT2D eigenvalue weighted by Crippen LogP contribution is 2.26. The monoisotopic (exact) mass is 355 g/mol. The topological polar surface area (TPSA) is 59.3 Å². The first-order valence-corrected chi connectivity index (χ1v) is 6.92. The Labute approximate surface area is 128 Å². The molecule has 0 bridgehead atoms. The maximum Gasteiger partial charge on any atom is 0.337 e. The number of carboxylic acids is 1. The van der Waals surface area contributed by atoms with Crippen LogP contribution in [0.1, 0.15) is 21.6 Å². The molecule has 4 nitrogen and oxygen atoms in total. The minimum absolute atomic E-state index is 0.122. The smallest absolute Gasteiger partial charge is 0.337 e. The minimum Gasteiger partial charge on any atom is -0.478 e. The van der Waals surface area contributed by atoms with Crippen molar-refractivity contribution in [2.75, 3.05) is 0 Å². The highest BCUT2D eigenvalue weighted by molar-refractivity contribution is 9.10. The fourth-order valence-electron chi connectivity index (χ4n) is 2.16. The molecule has 6 heteroatoms. The molecular weight excluding hydrogens is 346 g/mol. The van der Waals surface area contributed by atoms with E-state index in [1.54, 1.807) is 32.0 Å². The van der Waals surface area contributed by atoms with E-state index < -0.39 is 5.97 Å². The van der Waals surface area contributed by atoms with Crippen LogP contribution in [0.5, 0.6) is 0 Å². The molecule has 104 valence electrons. The summed E-state index contributed by atoms with van der Waals surface area (Å²) in [5, 5.41) is 9.74. The number of aryl methyl sites for hydroxylation is 1. The van der Waals surface area contributed by atoms with Crippen LogP contribution in [0.4, 0.5) is 0 Å². The lowest BCUT2D eigenvalue weighted by Gasteiger charge is -2.15. The molecule has 20 heavy (non-hydrogen) atoms. The highest BCUT2D eigenvalue weighted by Gasteiger charge is 2.18. The van der Waals surface area contributed by atoms with Crippen LogP contribution in [0.25, 0.3) is 5.69 Å². The van der Waals surface area contributed by atoms with Gasteiger partial charge in [-0.2, -0.15) is 0 Å². The number of aromatic nitrogens is 1. The lowest BCUT2D eigenvalue weighted by Crippen LogP contribution is -2.24. The first-order valence-electron chi connectivity index (χ1n) is 5.75. The second-order valence-corrected chi connectivity index (χ2v) is 5.65. The Morgan fingerprint density at radius 3 is 2.55 bits per heavy atom. The summed E-state index contributed by atoms with van der Waals surface area (Å²) in [4.78, 5) is 23.5. The quantitative estimate of drug-likeness (QED) is 0.895. The molecule has 0 aliphatic rings. The van der Waals surface area contributed by atoms with E-state index in [2.05, 4.69) is 15.9 Å². The number of carboxylic acid groups (broad SMARTS) is 1. The molecule has 0 saturated carbocycles. The number of hydrogen-bond acceptors (Lipinski definition) is 2. The summed E-state index contributed by atoms with van der Waals surface area (Å²) in [6, 6.07) is 6.32. The van der Waals surface area contributed by atoms with Crippen molar-refractivity contribution in [2.24, 2.45) is 0 Å². The number of rotatable bonds is 2. The van der Waals surface area contributed by atoms with Crippen LogP contribution in [0, 0.1) is 13.8 Å². The number of halogens is 2. The minimum atomic E-state index is -1.06. The van der Waals surface area contributed by atoms with Gasteiger partial charge in [0.05, 0.1) is 11.3 Å². The van der Waals surface area contributed by atoms with Crippen LogP contribution in [-0.2, 0) is 0 Å². The summed E-state index contributed by atoms with van der Waals surface area (Å²) in [6.45, 7) is 3.21. The predicted octanol–water partition coefficient (Wildman–Crippen LogP) is 3.57. The van der Waals surface area contributed by atoms with Crippen LogP contribution in [0.15, 0.2) is 33.5 Å². The first kappa shape index (κ1) is 14.8. The molecule has 0 amide bonds. The average molecular weight is 357 g/mol. The Balaban J connectivity index is 2.88. The van der Waals surface area contributed by atoms with Crippen LogP contribution in [0.3, 0.4) is 0 Å². The summed E-state index contributed by atoms with van der Waals surface area (Å²) in [5.41, 5.74) is 1.15. The summed E-state index contributed by atoms with van der Waals surface area (Å²) in [5.74, 6) is -1.06. The average Bonchev–Trinajstić information content (AvgIpc) is 2.32. The molecule has 0 saturated heterocycles. The maximum atomic E-state index is 12.2. The number of nitrogens with zero attached hydrogens (tertiary/aromatic N) is 1. The normalized spacial score (nSPS) is 10.6. The van der Waals surface area contributed by atoms with Gasteiger partial charge < -0.3 is 5.11 Å². The van der Waals surface area contributed by atoms with Crippen molar-refractivity contribution in [3.8, 4) is 5.69 Å². The molecular formula is C14H11BrClNO3. The van der Waals surface area contributed by atoms with Crippen molar-refractivity contribution >= 4 is 33.5 Å². The summed E-state index contributed by atoms with van der Waals surface area (Å²) < 4.78 is 2.00. The zero-order valence-corrected chi connectivity index (χ0v) is 13.1. The maximum absolute atomic E-state index is 12.2. The van der Waals surface area contributed by atoms with Crippen molar-refractivity contribution in [2.45, 2.75) is 13.8 Å². The van der Waals surface area contributed by atoms with E-state index in [9.17, 15) is 14.7 Å². The molecule has 1 N–H and O–H groups in total. The van der Waals surface area contributed by atoms with Crippen LogP contribution in [-0.4, -0.2) is 15.6 Å². The molecule has 0 aliphatic carbocycles. The van der Waals surface area contributed by atoms with Crippen LogP contribution >= 0.6 is 27.5 Å². The van der Waals surface area contributed by atoms with E-state index in [0.717, 1.165) is 0 Å². The molecule has 0 radical (unpaired) electrons. The van der Waals surface area contributed by atoms with Crippen molar-refractivity contribution in [3.63, 3.8) is 0 Å². The molecule has 0 atom stereocenters. The lowest BCUT2D eigenvalue weighted by atomic mass is 10.1. The van der Waals surface area contributed by atoms with Gasteiger partial charge in [0.1, 0.15) is 0 Å². The third kappa shape index (κ3) is 2.51. The number of hydrogen-bond donors (Lipinski definition) is 1. The van der Waals surface area contributed by atoms with Gasteiger partial charge in [-0.25, -0.2) is 4.79 Å². The van der Waals surface area contributed by atoms with Gasteiger partial charge in [0.2, 0.25) is 0 Å². The molecule has 1 aromatic heterocycles. The highest BCUT2D eigenvalue weighted by atomic mass is 79.9. The molecule has 0 spiro atoms. The second-order valence-electron chi connectivity index (χ2n) is 4.36. The van der Waals surface area contributed by atoms with Gasteiger partial charge in [0.25, 0.3) is 5.56 Å². The van der Waals surface area contributed by atoms with Crippen molar-refractivity contribution in [3.05, 3.63) is 60.9 Å². The fourth-order valence-corrected chi connectivity index (χ4v) is 2.75. The predicted molar refractivity (Wildman–Crippen MR) is 81.2 cm³/mol. The summed E-state index contributed by atoms with van der Waals surface area (Å²) >= 11 is 9.30. The molecule has 2 rings (SSSR count). The van der Waals surface area contributed by atoms with E-state index in [4.69, 9.17) is 11.6 Å². The zero-order valence-electron chi connectivity index (χ0n) is 10.8. The first-order chi connectivity index (χ1) is 9.32. The molecule has 2 aromatic rings. The number of pyridine rings is 1. The molecule has 1 aromatic carbocycles. The van der Waals surface area contributed by atoms with Crippen LogP contribution in [0.2, 0.25) is 5.02 Å². The molecule has 0 fully saturated rings. The van der Waals surface area contributed by atoms with Gasteiger partial charge in [-0.3, -0.25) is 9.36 Å². The number of aromatic carboxylic acids is 1. The SMILES string of the molecule is Cc1cc(=O)n(-c2cc(Cl)ccc2Br)c(C)c1C(=O)O. The van der Waals surface area contributed by atoms with Gasteiger partial charge in [-0.15, -0.1) is 0 Å². The van der Waals surface area contributed by atoms with Gasteiger partial charge in [-0.1, -0.05) is 11.6 Å². The van der Waals surface area contributed by atoms with Gasteiger partial charge in [-0.05, 0) is 53.5 Å². The third-order valence-electron chi connectivity index (χ3n) is 3.01. The van der Waals surface area contributed by atoms with Gasteiger partial charge in [0.15, 0.2) is 0 Å². The molecule has 1 heterocycles. The standard InChI is InChI=1S/C14H11BrClNO3/c1-7-5-12(18)17(8(2)13(7)14(19)20)11-6-9(16)3-4-10(11)15/h3-6H,1-2H3,(H,19,20). The Morgan fingerprint density at radius 2 is 1.95 bits per heavy atom. The van der Waals surface area contributed by atoms with Crippen molar-refractivity contribution < 1.29 is 9.90 Å². The van der Waals surface area contributed by atoms with E-state index in [1.165, 1.54) is 10.6 Å². The molecule has 0 unspecified atom stereocenters. The summed E-state index contributed by atoms with van der Waals surface area (Å²) in [7, 11) is 0. The lowest BCUT2D eigenvalue weighted by molar-refractivity contribution is 0.0694. The van der Waals surface area contributed by atoms with Crippen molar-refractivity contribution in [1.29, 1.82) is 0 Å². The van der Waals surface area contributed by atoms with E-state index >= 15 is 0 Å². The Bertz CT molecular complexity index is 768. The number of carbonyl (C=O) groups is 1. The van der Waals surface area contributed by atoms with Crippen LogP contribution < -0.4 is 5.56 Å². The van der Waals surface area contributed by atoms with Crippen molar-refractivity contribution in [1.82, 2.24) is 4.57 Å². The van der Waals surface area contributed by atoms with Gasteiger partial charge >= 0.3 is 5.97 Å². The second kappa shape index (κ2) is 5.42. The zero-order chi connectivity index (χ0) is 15.0. The van der Waals surface area contributed by atoms with E-state index in [1.807, 2.05) is 0 Å². The number of benzene rings is 1. The molecule has 0 aliphatic heterocycles. The van der Waals surface area contributed by atoms with E-state index in [-0.39, 0.29) is 11.1 Å². The van der Waals surface area contributed by atoms with E-state index in [0.29, 0.717) is 26.4 Å². The summed E-state index contributed by atoms with van der Waals surface area (Å²) in [6.07, 6.45) is 0. The Kier molecular flexibility index (Phi) is 4.01. The Morgan fingerprint density at radius 1 is 1.30 bits per heavy atom. The Hall–Kier alpha value is -1.59.